The monoisotopic (exact) mass is 392 g/mol. The highest BCUT2D eigenvalue weighted by atomic mass is 32.2. The molecule has 140 valence electrons. The molecule has 0 aromatic heterocycles. The summed E-state index contributed by atoms with van der Waals surface area (Å²) in [6.07, 6.45) is 0. The predicted molar refractivity (Wildman–Crippen MR) is 98.0 cm³/mol. The standard InChI is InChI=1S/C19H15F3N2O2S/c1-12-10-16(7-8-17(12)21)27(25,26)24-15-5-3-14(4-6-15)23-19-9-2-13(20)11-18(19)22/h2-11,23-24H,1H3. The number of anilines is 3. The maximum Gasteiger partial charge on any atom is 0.261 e. The van der Waals surface area contributed by atoms with E-state index in [0.29, 0.717) is 5.69 Å². The summed E-state index contributed by atoms with van der Waals surface area (Å²) in [7, 11) is -3.87. The van der Waals surface area contributed by atoms with Gasteiger partial charge in [0.05, 0.1) is 10.6 Å². The molecule has 0 aliphatic rings. The molecule has 0 saturated heterocycles. The molecule has 3 aromatic carbocycles. The Balaban J connectivity index is 1.76. The van der Waals surface area contributed by atoms with Crippen LogP contribution >= 0.6 is 0 Å². The van der Waals surface area contributed by atoms with Crippen molar-refractivity contribution in [2.45, 2.75) is 11.8 Å². The van der Waals surface area contributed by atoms with Crippen LogP contribution in [0.2, 0.25) is 0 Å². The number of rotatable bonds is 5. The van der Waals surface area contributed by atoms with Crippen LogP contribution in [0.25, 0.3) is 0 Å². The first-order valence-electron chi connectivity index (χ1n) is 7.86. The average Bonchev–Trinajstić information content (AvgIpc) is 2.61. The minimum Gasteiger partial charge on any atom is -0.353 e. The Hall–Kier alpha value is -3.00. The van der Waals surface area contributed by atoms with Crippen LogP contribution in [-0.4, -0.2) is 8.42 Å². The second kappa shape index (κ2) is 7.32. The third-order valence-electron chi connectivity index (χ3n) is 3.79. The molecule has 0 radical (unpaired) electrons. The summed E-state index contributed by atoms with van der Waals surface area (Å²) in [6.45, 7) is 1.48. The molecule has 0 unspecified atom stereocenters. The van der Waals surface area contributed by atoms with Gasteiger partial charge in [0.1, 0.15) is 17.5 Å². The van der Waals surface area contributed by atoms with E-state index in [1.807, 2.05) is 0 Å². The largest absolute Gasteiger partial charge is 0.353 e. The highest BCUT2D eigenvalue weighted by Gasteiger charge is 2.15. The Labute approximate surface area is 154 Å². The maximum absolute atomic E-state index is 13.7. The van der Waals surface area contributed by atoms with Gasteiger partial charge in [-0.05, 0) is 67.1 Å². The van der Waals surface area contributed by atoms with E-state index in [2.05, 4.69) is 10.0 Å². The molecule has 0 aliphatic carbocycles. The Morgan fingerprint density at radius 3 is 2.07 bits per heavy atom. The molecule has 0 spiro atoms. The summed E-state index contributed by atoms with van der Waals surface area (Å²) in [6, 6.07) is 12.7. The van der Waals surface area contributed by atoms with Gasteiger partial charge >= 0.3 is 0 Å². The molecular formula is C19H15F3N2O2S. The molecule has 0 bridgehead atoms. The molecule has 0 aliphatic heterocycles. The molecule has 4 nitrogen and oxygen atoms in total. The van der Waals surface area contributed by atoms with E-state index in [4.69, 9.17) is 0 Å². The van der Waals surface area contributed by atoms with Crippen molar-refractivity contribution in [3.05, 3.63) is 83.7 Å². The van der Waals surface area contributed by atoms with E-state index in [1.54, 1.807) is 0 Å². The van der Waals surface area contributed by atoms with Crippen molar-refractivity contribution in [3.63, 3.8) is 0 Å². The summed E-state index contributed by atoms with van der Waals surface area (Å²) < 4.78 is 67.1. The topological polar surface area (TPSA) is 58.2 Å². The van der Waals surface area contributed by atoms with Crippen LogP contribution in [0.4, 0.5) is 30.2 Å². The molecule has 0 fully saturated rings. The van der Waals surface area contributed by atoms with Crippen molar-refractivity contribution < 1.29 is 21.6 Å². The lowest BCUT2D eigenvalue weighted by Gasteiger charge is -2.11. The van der Waals surface area contributed by atoms with E-state index in [1.165, 1.54) is 49.4 Å². The third kappa shape index (κ3) is 4.40. The number of sulfonamides is 1. The lowest BCUT2D eigenvalue weighted by molar-refractivity contribution is 0.586. The minimum atomic E-state index is -3.87. The molecule has 0 atom stereocenters. The van der Waals surface area contributed by atoms with Crippen LogP contribution in [0.1, 0.15) is 5.56 Å². The molecule has 3 rings (SSSR count). The van der Waals surface area contributed by atoms with Gasteiger partial charge in [-0.2, -0.15) is 0 Å². The summed E-state index contributed by atoms with van der Waals surface area (Å²) in [4.78, 5) is -0.0583. The second-order valence-corrected chi connectivity index (χ2v) is 7.53. The van der Waals surface area contributed by atoms with Gasteiger partial charge < -0.3 is 5.32 Å². The predicted octanol–water partition coefficient (Wildman–Crippen LogP) is 4.96. The van der Waals surface area contributed by atoms with Crippen molar-refractivity contribution in [1.82, 2.24) is 0 Å². The zero-order valence-electron chi connectivity index (χ0n) is 14.1. The fraction of sp³-hybridized carbons (Fsp3) is 0.0526. The fourth-order valence-corrected chi connectivity index (χ4v) is 3.51. The van der Waals surface area contributed by atoms with Crippen molar-refractivity contribution in [2.24, 2.45) is 0 Å². The fourth-order valence-electron chi connectivity index (χ4n) is 2.37. The Morgan fingerprint density at radius 1 is 0.778 bits per heavy atom. The van der Waals surface area contributed by atoms with Crippen LogP contribution < -0.4 is 10.0 Å². The van der Waals surface area contributed by atoms with Gasteiger partial charge in [0.15, 0.2) is 0 Å². The third-order valence-corrected chi connectivity index (χ3v) is 5.17. The molecule has 2 N–H and O–H groups in total. The second-order valence-electron chi connectivity index (χ2n) is 5.84. The zero-order valence-corrected chi connectivity index (χ0v) is 14.9. The number of halogens is 3. The molecule has 8 heteroatoms. The van der Waals surface area contributed by atoms with E-state index in [-0.39, 0.29) is 21.8 Å². The molecular weight excluding hydrogens is 377 g/mol. The first-order chi connectivity index (χ1) is 12.7. The molecule has 0 amide bonds. The maximum atomic E-state index is 13.7. The van der Waals surface area contributed by atoms with Crippen molar-refractivity contribution >= 4 is 27.1 Å². The summed E-state index contributed by atoms with van der Waals surface area (Å²) >= 11 is 0. The number of nitrogens with one attached hydrogen (secondary N) is 2. The Morgan fingerprint density at radius 2 is 1.44 bits per heavy atom. The number of hydrogen-bond acceptors (Lipinski definition) is 3. The van der Waals surface area contributed by atoms with Gasteiger partial charge in [-0.3, -0.25) is 4.72 Å². The summed E-state index contributed by atoms with van der Waals surface area (Å²) in [5.74, 6) is -1.91. The number of benzene rings is 3. The summed E-state index contributed by atoms with van der Waals surface area (Å²) in [5.41, 5.74) is 1.08. The molecule has 0 heterocycles. The van der Waals surface area contributed by atoms with Crippen LogP contribution in [0.5, 0.6) is 0 Å². The minimum absolute atomic E-state index is 0.0583. The SMILES string of the molecule is Cc1cc(S(=O)(=O)Nc2ccc(Nc3ccc(F)cc3F)cc2)ccc1F. The van der Waals surface area contributed by atoms with Gasteiger partial charge in [0.25, 0.3) is 10.0 Å². The van der Waals surface area contributed by atoms with Crippen LogP contribution in [0, 0.1) is 24.4 Å². The molecule has 0 saturated carbocycles. The average molecular weight is 392 g/mol. The first-order valence-corrected chi connectivity index (χ1v) is 9.34. The summed E-state index contributed by atoms with van der Waals surface area (Å²) in [5, 5.41) is 2.77. The quantitative estimate of drug-likeness (QED) is 0.645. The normalized spacial score (nSPS) is 11.3. The first kappa shape index (κ1) is 18.8. The highest BCUT2D eigenvalue weighted by Crippen LogP contribution is 2.23. The molecule has 27 heavy (non-hydrogen) atoms. The van der Waals surface area contributed by atoms with E-state index in [0.717, 1.165) is 18.2 Å². The van der Waals surface area contributed by atoms with E-state index < -0.39 is 27.5 Å². The lowest BCUT2D eigenvalue weighted by atomic mass is 10.2. The highest BCUT2D eigenvalue weighted by molar-refractivity contribution is 7.92. The van der Waals surface area contributed by atoms with Gasteiger partial charge in [-0.1, -0.05) is 0 Å². The van der Waals surface area contributed by atoms with E-state index in [9.17, 15) is 21.6 Å². The van der Waals surface area contributed by atoms with Gasteiger partial charge in [-0.15, -0.1) is 0 Å². The Kier molecular flexibility index (Phi) is 5.09. The van der Waals surface area contributed by atoms with Crippen molar-refractivity contribution in [1.29, 1.82) is 0 Å². The zero-order chi connectivity index (χ0) is 19.6. The van der Waals surface area contributed by atoms with Crippen LogP contribution in [0.15, 0.2) is 65.6 Å². The van der Waals surface area contributed by atoms with Gasteiger partial charge in [0, 0.05) is 17.4 Å². The van der Waals surface area contributed by atoms with E-state index >= 15 is 0 Å². The lowest BCUT2D eigenvalue weighted by Crippen LogP contribution is -2.13. The number of hydrogen-bond donors (Lipinski definition) is 2. The van der Waals surface area contributed by atoms with Crippen molar-refractivity contribution in [2.75, 3.05) is 10.0 Å². The van der Waals surface area contributed by atoms with Gasteiger partial charge in [-0.25, -0.2) is 21.6 Å². The number of aryl methyl sites for hydroxylation is 1. The van der Waals surface area contributed by atoms with Crippen LogP contribution in [-0.2, 0) is 10.0 Å². The van der Waals surface area contributed by atoms with Gasteiger partial charge in [0.2, 0.25) is 0 Å². The van der Waals surface area contributed by atoms with Crippen molar-refractivity contribution in [3.8, 4) is 0 Å². The Bertz CT molecular complexity index is 1080. The molecule has 3 aromatic rings. The smallest absolute Gasteiger partial charge is 0.261 e. The van der Waals surface area contributed by atoms with Crippen LogP contribution in [0.3, 0.4) is 0 Å².